The summed E-state index contributed by atoms with van der Waals surface area (Å²) in [6.45, 7) is -0.176. The molecule has 0 aliphatic carbocycles. The lowest BCUT2D eigenvalue weighted by Crippen LogP contribution is -2.24. The number of alkyl halides is 2. The number of rotatable bonds is 2. The highest BCUT2D eigenvalue weighted by Gasteiger charge is 2.38. The Hall–Kier alpha value is -0.960. The molecular formula is C11H13F2N. The Bertz CT molecular complexity index is 297. The van der Waals surface area contributed by atoms with Crippen molar-refractivity contribution in [3.05, 3.63) is 35.9 Å². The summed E-state index contributed by atoms with van der Waals surface area (Å²) < 4.78 is 25.7. The fraction of sp³-hybridized carbons (Fsp3) is 0.455. The molecule has 1 aliphatic heterocycles. The van der Waals surface area contributed by atoms with Crippen LogP contribution in [0.4, 0.5) is 8.78 Å². The Morgan fingerprint density at radius 2 is 2.00 bits per heavy atom. The van der Waals surface area contributed by atoms with E-state index in [0.29, 0.717) is 6.42 Å². The summed E-state index contributed by atoms with van der Waals surface area (Å²) >= 11 is 0. The lowest BCUT2D eigenvalue weighted by molar-refractivity contribution is 0.0211. The minimum absolute atomic E-state index is 0.0398. The maximum atomic E-state index is 12.8. The van der Waals surface area contributed by atoms with E-state index in [1.807, 2.05) is 30.3 Å². The zero-order chi connectivity index (χ0) is 10.0. The van der Waals surface area contributed by atoms with Crippen molar-refractivity contribution >= 4 is 0 Å². The van der Waals surface area contributed by atoms with Crippen LogP contribution in [0.15, 0.2) is 30.3 Å². The van der Waals surface area contributed by atoms with E-state index in [-0.39, 0.29) is 19.0 Å². The Kier molecular flexibility index (Phi) is 2.50. The maximum absolute atomic E-state index is 12.8. The fourth-order valence-electron chi connectivity index (χ4n) is 1.84. The van der Waals surface area contributed by atoms with Crippen LogP contribution in [0.2, 0.25) is 0 Å². The normalized spacial score (nSPS) is 25.1. The monoisotopic (exact) mass is 197 g/mol. The summed E-state index contributed by atoms with van der Waals surface area (Å²) in [5, 5.41) is 2.85. The highest BCUT2D eigenvalue weighted by atomic mass is 19.3. The Morgan fingerprint density at radius 1 is 1.29 bits per heavy atom. The number of nitrogens with one attached hydrogen (secondary N) is 1. The predicted molar refractivity (Wildman–Crippen MR) is 51.5 cm³/mol. The van der Waals surface area contributed by atoms with Gasteiger partial charge in [0.2, 0.25) is 0 Å². The minimum atomic E-state index is -2.51. The van der Waals surface area contributed by atoms with Crippen LogP contribution in [0.5, 0.6) is 0 Å². The minimum Gasteiger partial charge on any atom is -0.308 e. The molecule has 1 aromatic rings. The van der Waals surface area contributed by atoms with Crippen molar-refractivity contribution < 1.29 is 8.78 Å². The molecule has 1 saturated heterocycles. The van der Waals surface area contributed by atoms with E-state index >= 15 is 0 Å². The standard InChI is InChI=1S/C11H13F2N/c12-11(13)7-10(14-8-11)6-9-4-2-1-3-5-9/h1-5,10,14H,6-8H2. The molecule has 0 spiro atoms. The third kappa shape index (κ3) is 2.29. The van der Waals surface area contributed by atoms with Crippen LogP contribution < -0.4 is 5.32 Å². The summed E-state index contributed by atoms with van der Waals surface area (Å²) in [6, 6.07) is 9.66. The van der Waals surface area contributed by atoms with E-state index in [1.165, 1.54) is 0 Å². The second kappa shape index (κ2) is 3.65. The van der Waals surface area contributed by atoms with Gasteiger partial charge in [-0.15, -0.1) is 0 Å². The summed E-state index contributed by atoms with van der Waals surface area (Å²) in [5.74, 6) is -2.51. The van der Waals surface area contributed by atoms with Crippen LogP contribution in [0.1, 0.15) is 12.0 Å². The van der Waals surface area contributed by atoms with Gasteiger partial charge in [0, 0.05) is 12.5 Å². The van der Waals surface area contributed by atoms with Crippen molar-refractivity contribution in [2.75, 3.05) is 6.54 Å². The van der Waals surface area contributed by atoms with Gasteiger partial charge in [-0.05, 0) is 12.0 Å². The highest BCUT2D eigenvalue weighted by molar-refractivity contribution is 5.16. The van der Waals surface area contributed by atoms with Crippen molar-refractivity contribution in [3.63, 3.8) is 0 Å². The zero-order valence-electron chi connectivity index (χ0n) is 7.84. The predicted octanol–water partition coefficient (Wildman–Crippen LogP) is 2.23. The Labute approximate surface area is 82.1 Å². The molecule has 0 radical (unpaired) electrons. The van der Waals surface area contributed by atoms with Gasteiger partial charge < -0.3 is 5.32 Å². The summed E-state index contributed by atoms with van der Waals surface area (Å²) in [7, 11) is 0. The van der Waals surface area contributed by atoms with Gasteiger partial charge in [0.15, 0.2) is 0 Å². The van der Waals surface area contributed by atoms with E-state index in [0.717, 1.165) is 5.56 Å². The van der Waals surface area contributed by atoms with E-state index in [1.54, 1.807) is 0 Å². The van der Waals surface area contributed by atoms with Crippen LogP contribution in [-0.4, -0.2) is 18.5 Å². The highest BCUT2D eigenvalue weighted by Crippen LogP contribution is 2.26. The second-order valence-corrected chi connectivity index (χ2v) is 3.83. The lowest BCUT2D eigenvalue weighted by Gasteiger charge is -2.09. The first kappa shape index (κ1) is 9.59. The molecule has 1 atom stereocenters. The van der Waals surface area contributed by atoms with Crippen LogP contribution in [0.3, 0.4) is 0 Å². The summed E-state index contributed by atoms with van der Waals surface area (Å²) in [5.41, 5.74) is 1.11. The molecule has 0 aromatic heterocycles. The van der Waals surface area contributed by atoms with Crippen LogP contribution in [0.25, 0.3) is 0 Å². The van der Waals surface area contributed by atoms with Gasteiger partial charge in [-0.3, -0.25) is 0 Å². The molecule has 2 rings (SSSR count). The molecule has 0 bridgehead atoms. The van der Waals surface area contributed by atoms with E-state index in [2.05, 4.69) is 5.32 Å². The van der Waals surface area contributed by atoms with Gasteiger partial charge in [-0.25, -0.2) is 8.78 Å². The first-order valence-corrected chi connectivity index (χ1v) is 4.81. The number of hydrogen-bond donors (Lipinski definition) is 1. The number of hydrogen-bond acceptors (Lipinski definition) is 1. The lowest BCUT2D eigenvalue weighted by atomic mass is 10.0. The fourth-order valence-corrected chi connectivity index (χ4v) is 1.84. The molecule has 0 amide bonds. The van der Waals surface area contributed by atoms with Crippen LogP contribution in [-0.2, 0) is 6.42 Å². The summed E-state index contributed by atoms with van der Waals surface area (Å²) in [4.78, 5) is 0. The van der Waals surface area contributed by atoms with Crippen molar-refractivity contribution in [2.45, 2.75) is 24.8 Å². The third-order valence-corrected chi connectivity index (χ3v) is 2.52. The quantitative estimate of drug-likeness (QED) is 0.766. The SMILES string of the molecule is FC1(F)CNC(Cc2ccccc2)C1. The molecule has 1 fully saturated rings. The molecular weight excluding hydrogens is 184 g/mol. The topological polar surface area (TPSA) is 12.0 Å². The van der Waals surface area contributed by atoms with Crippen LogP contribution >= 0.6 is 0 Å². The molecule has 1 aliphatic rings. The van der Waals surface area contributed by atoms with Crippen molar-refractivity contribution in [1.29, 1.82) is 0 Å². The number of benzene rings is 1. The Balaban J connectivity index is 1.94. The van der Waals surface area contributed by atoms with Gasteiger partial charge in [0.05, 0.1) is 6.54 Å². The first-order valence-electron chi connectivity index (χ1n) is 4.81. The van der Waals surface area contributed by atoms with Crippen molar-refractivity contribution in [2.24, 2.45) is 0 Å². The average Bonchev–Trinajstić information content (AvgIpc) is 2.47. The van der Waals surface area contributed by atoms with Gasteiger partial charge in [-0.2, -0.15) is 0 Å². The van der Waals surface area contributed by atoms with Gasteiger partial charge in [-0.1, -0.05) is 30.3 Å². The van der Waals surface area contributed by atoms with Gasteiger partial charge in [0.1, 0.15) is 0 Å². The second-order valence-electron chi connectivity index (χ2n) is 3.83. The maximum Gasteiger partial charge on any atom is 0.261 e. The zero-order valence-corrected chi connectivity index (χ0v) is 7.84. The molecule has 14 heavy (non-hydrogen) atoms. The number of halogens is 2. The van der Waals surface area contributed by atoms with Crippen LogP contribution in [0, 0.1) is 0 Å². The largest absolute Gasteiger partial charge is 0.308 e. The molecule has 1 nitrogen and oxygen atoms in total. The van der Waals surface area contributed by atoms with E-state index in [4.69, 9.17) is 0 Å². The molecule has 1 aromatic carbocycles. The molecule has 1 unspecified atom stereocenters. The molecule has 0 saturated carbocycles. The van der Waals surface area contributed by atoms with Crippen molar-refractivity contribution in [1.82, 2.24) is 5.32 Å². The molecule has 76 valence electrons. The van der Waals surface area contributed by atoms with Crippen molar-refractivity contribution in [3.8, 4) is 0 Å². The Morgan fingerprint density at radius 3 is 2.57 bits per heavy atom. The molecule has 1 heterocycles. The summed E-state index contributed by atoms with van der Waals surface area (Å²) in [6.07, 6.45) is 0.651. The van der Waals surface area contributed by atoms with E-state index in [9.17, 15) is 8.78 Å². The molecule has 1 N–H and O–H groups in total. The molecule has 3 heteroatoms. The van der Waals surface area contributed by atoms with Gasteiger partial charge >= 0.3 is 0 Å². The van der Waals surface area contributed by atoms with E-state index < -0.39 is 5.92 Å². The smallest absolute Gasteiger partial charge is 0.261 e. The average molecular weight is 197 g/mol. The van der Waals surface area contributed by atoms with Gasteiger partial charge in [0.25, 0.3) is 5.92 Å². The third-order valence-electron chi connectivity index (χ3n) is 2.52. The first-order chi connectivity index (χ1) is 6.66.